The molecule has 3 fully saturated rings. The fourth-order valence-corrected chi connectivity index (χ4v) is 4.81. The molecule has 164 valence electrons. The number of alkyl halides is 3. The summed E-state index contributed by atoms with van der Waals surface area (Å²) in [5.41, 5.74) is -0.940. The summed E-state index contributed by atoms with van der Waals surface area (Å²) in [6, 6.07) is 6.75. The number of benzene rings is 1. The lowest BCUT2D eigenvalue weighted by Gasteiger charge is -2.70. The molecule has 3 saturated carbocycles. The minimum Gasteiger partial charge on any atom is -0.486 e. The smallest absolute Gasteiger partial charge is 0.416 e. The summed E-state index contributed by atoms with van der Waals surface area (Å²) in [6.07, 6.45) is -1.35. The van der Waals surface area contributed by atoms with E-state index >= 15 is 0 Å². The maximum Gasteiger partial charge on any atom is 0.416 e. The number of nitrogens with one attached hydrogen (secondary N) is 1. The Bertz CT molecular complexity index is 1030. The van der Waals surface area contributed by atoms with Crippen LogP contribution >= 0.6 is 11.6 Å². The van der Waals surface area contributed by atoms with Gasteiger partial charge in [-0.1, -0.05) is 11.6 Å². The van der Waals surface area contributed by atoms with Crippen molar-refractivity contribution in [2.24, 2.45) is 5.41 Å². The number of rotatable bonds is 7. The van der Waals surface area contributed by atoms with Crippen LogP contribution in [0.3, 0.4) is 0 Å². The molecule has 31 heavy (non-hydrogen) atoms. The average molecular weight is 453 g/mol. The van der Waals surface area contributed by atoms with E-state index in [1.807, 2.05) is 6.92 Å². The third-order valence-corrected chi connectivity index (χ3v) is 6.36. The van der Waals surface area contributed by atoms with Crippen LogP contribution < -0.4 is 10.1 Å². The van der Waals surface area contributed by atoms with E-state index < -0.39 is 23.2 Å². The Morgan fingerprint density at radius 2 is 1.90 bits per heavy atom. The molecule has 3 aliphatic carbocycles. The zero-order valence-corrected chi connectivity index (χ0v) is 17.4. The number of ether oxygens (including phenoxy) is 1. The van der Waals surface area contributed by atoms with Crippen molar-refractivity contribution in [2.75, 3.05) is 6.61 Å². The summed E-state index contributed by atoms with van der Waals surface area (Å²) in [5, 5.41) is 3.42. The Kier molecular flexibility index (Phi) is 5.24. The Morgan fingerprint density at radius 3 is 2.55 bits per heavy atom. The molecule has 0 aliphatic heterocycles. The number of pyridine rings is 1. The van der Waals surface area contributed by atoms with Crippen molar-refractivity contribution in [3.05, 3.63) is 58.4 Å². The largest absolute Gasteiger partial charge is 0.486 e. The molecule has 1 heterocycles. The third-order valence-electron chi connectivity index (χ3n) is 5.94. The zero-order valence-electron chi connectivity index (χ0n) is 16.7. The van der Waals surface area contributed by atoms with Crippen LogP contribution in [0.5, 0.6) is 5.75 Å². The standard InChI is InChI=1S/C22H20ClF3N2O3/c1-13-6-16(2-3-17(13)23)31-9-15(29)8-20-10-21(11-20,12-20)28-19(30)18-7-14(4-5-27-18)22(24,25)26/h2-7H,8-12H2,1H3,(H,28,30). The van der Waals surface area contributed by atoms with Crippen molar-refractivity contribution in [3.8, 4) is 5.75 Å². The number of ketones is 1. The first-order chi connectivity index (χ1) is 14.5. The molecule has 5 rings (SSSR count). The average Bonchev–Trinajstić information content (AvgIpc) is 2.65. The predicted molar refractivity (Wildman–Crippen MR) is 107 cm³/mol. The van der Waals surface area contributed by atoms with Gasteiger partial charge in [0, 0.05) is 23.2 Å². The number of amides is 1. The van der Waals surface area contributed by atoms with E-state index in [1.54, 1.807) is 18.2 Å². The van der Waals surface area contributed by atoms with Crippen LogP contribution in [0.4, 0.5) is 13.2 Å². The molecule has 2 bridgehead atoms. The summed E-state index contributed by atoms with van der Waals surface area (Å²) >= 11 is 5.97. The highest BCUT2D eigenvalue weighted by atomic mass is 35.5. The lowest BCUT2D eigenvalue weighted by Crippen LogP contribution is -2.75. The Hall–Kier alpha value is -2.61. The second-order valence-corrected chi connectivity index (χ2v) is 9.01. The maximum absolute atomic E-state index is 12.8. The molecule has 5 nitrogen and oxygen atoms in total. The zero-order chi connectivity index (χ0) is 22.4. The fraction of sp³-hybridized carbons (Fsp3) is 0.409. The summed E-state index contributed by atoms with van der Waals surface area (Å²) in [5.74, 6) is -0.0934. The number of hydrogen-bond donors (Lipinski definition) is 1. The third kappa shape index (κ3) is 4.39. The van der Waals surface area contributed by atoms with Crippen molar-refractivity contribution >= 4 is 23.3 Å². The molecule has 0 spiro atoms. The molecule has 9 heteroatoms. The molecule has 0 atom stereocenters. The lowest BCUT2D eigenvalue weighted by atomic mass is 9.38. The van der Waals surface area contributed by atoms with E-state index in [2.05, 4.69) is 10.3 Å². The van der Waals surface area contributed by atoms with Crippen molar-refractivity contribution < 1.29 is 27.5 Å². The molecule has 1 aromatic heterocycles. The summed E-state index contributed by atoms with van der Waals surface area (Å²) in [4.78, 5) is 28.4. The molecular weight excluding hydrogens is 433 g/mol. The van der Waals surface area contributed by atoms with Crippen LogP contribution in [-0.4, -0.2) is 28.8 Å². The molecule has 0 saturated heterocycles. The summed E-state index contributed by atoms with van der Waals surface area (Å²) in [6.45, 7) is 1.80. The van der Waals surface area contributed by atoms with E-state index in [0.29, 0.717) is 36.5 Å². The molecule has 1 amide bonds. The Balaban J connectivity index is 1.26. The van der Waals surface area contributed by atoms with Gasteiger partial charge in [-0.2, -0.15) is 13.2 Å². The molecule has 1 N–H and O–H groups in total. The van der Waals surface area contributed by atoms with E-state index in [4.69, 9.17) is 16.3 Å². The quantitative estimate of drug-likeness (QED) is 0.658. The Labute approximate surface area is 181 Å². The number of aryl methyl sites for hydroxylation is 1. The maximum atomic E-state index is 12.8. The van der Waals surface area contributed by atoms with Crippen molar-refractivity contribution in [2.45, 2.75) is 44.3 Å². The molecular formula is C22H20ClF3N2O3. The first kappa shape index (κ1) is 21.6. The second kappa shape index (κ2) is 7.51. The number of halogens is 4. The van der Waals surface area contributed by atoms with Gasteiger partial charge in [0.1, 0.15) is 18.1 Å². The first-order valence-corrected chi connectivity index (χ1v) is 10.1. The number of carbonyl (C=O) groups is 2. The Morgan fingerprint density at radius 1 is 1.19 bits per heavy atom. The van der Waals surface area contributed by atoms with Gasteiger partial charge in [-0.25, -0.2) is 0 Å². The minimum absolute atomic E-state index is 0.0354. The van der Waals surface area contributed by atoms with Gasteiger partial charge in [0.25, 0.3) is 5.91 Å². The van der Waals surface area contributed by atoms with Gasteiger partial charge >= 0.3 is 6.18 Å². The molecule has 0 unspecified atom stereocenters. The molecule has 0 radical (unpaired) electrons. The number of Topliss-reactive ketones (excluding diaryl/α,β-unsaturated/α-hetero) is 1. The highest BCUT2D eigenvalue weighted by molar-refractivity contribution is 6.31. The number of aromatic nitrogens is 1. The summed E-state index contributed by atoms with van der Waals surface area (Å²) < 4.78 is 44.0. The van der Waals surface area contributed by atoms with E-state index in [-0.39, 0.29) is 23.5 Å². The van der Waals surface area contributed by atoms with Crippen molar-refractivity contribution in [1.82, 2.24) is 10.3 Å². The van der Waals surface area contributed by atoms with E-state index in [9.17, 15) is 22.8 Å². The van der Waals surface area contributed by atoms with E-state index in [1.165, 1.54) is 0 Å². The van der Waals surface area contributed by atoms with Crippen LogP contribution in [0, 0.1) is 12.3 Å². The highest BCUT2D eigenvalue weighted by Crippen LogP contribution is 2.69. The van der Waals surface area contributed by atoms with Crippen LogP contribution in [0.25, 0.3) is 0 Å². The lowest BCUT2D eigenvalue weighted by molar-refractivity contribution is -0.162. The molecule has 3 aliphatic rings. The number of carbonyl (C=O) groups excluding carboxylic acids is 2. The van der Waals surface area contributed by atoms with Gasteiger partial charge in [0.15, 0.2) is 5.78 Å². The van der Waals surface area contributed by atoms with Gasteiger partial charge in [0.05, 0.1) is 5.56 Å². The molecule has 2 aromatic rings. The monoisotopic (exact) mass is 452 g/mol. The second-order valence-electron chi connectivity index (χ2n) is 8.61. The van der Waals surface area contributed by atoms with Crippen molar-refractivity contribution in [3.63, 3.8) is 0 Å². The van der Waals surface area contributed by atoms with Gasteiger partial charge in [-0.3, -0.25) is 14.6 Å². The van der Waals surface area contributed by atoms with Crippen molar-refractivity contribution in [1.29, 1.82) is 0 Å². The van der Waals surface area contributed by atoms with Crippen LogP contribution in [0.1, 0.15) is 47.3 Å². The topological polar surface area (TPSA) is 68.3 Å². The SMILES string of the molecule is Cc1cc(OCC(=O)CC23CC(NC(=O)c4cc(C(F)(F)F)ccn4)(C2)C3)ccc1Cl. The van der Waals surface area contributed by atoms with Crippen LogP contribution in [0.2, 0.25) is 5.02 Å². The normalized spacial score (nSPS) is 24.0. The fourth-order valence-electron chi connectivity index (χ4n) is 4.69. The van der Waals surface area contributed by atoms with Gasteiger partial charge in [0.2, 0.25) is 0 Å². The van der Waals surface area contributed by atoms with Crippen LogP contribution in [-0.2, 0) is 11.0 Å². The first-order valence-electron chi connectivity index (χ1n) is 9.76. The predicted octanol–water partition coefficient (Wildman–Crippen LogP) is 4.75. The highest BCUT2D eigenvalue weighted by Gasteiger charge is 2.68. The van der Waals surface area contributed by atoms with Gasteiger partial charge < -0.3 is 10.1 Å². The molecule has 1 aromatic carbocycles. The number of hydrogen-bond acceptors (Lipinski definition) is 4. The van der Waals surface area contributed by atoms with Gasteiger partial charge in [-0.15, -0.1) is 0 Å². The minimum atomic E-state index is -4.54. The number of nitrogens with zero attached hydrogens (tertiary/aromatic N) is 1. The van der Waals surface area contributed by atoms with E-state index in [0.717, 1.165) is 23.9 Å². The van der Waals surface area contributed by atoms with Crippen LogP contribution in [0.15, 0.2) is 36.5 Å². The summed E-state index contributed by atoms with van der Waals surface area (Å²) in [7, 11) is 0. The van der Waals surface area contributed by atoms with Gasteiger partial charge in [-0.05, 0) is 67.5 Å².